The Labute approximate surface area is 120 Å². The van der Waals surface area contributed by atoms with Crippen LogP contribution in [0.15, 0.2) is 18.2 Å². The molecule has 4 nitrogen and oxygen atoms in total. The van der Waals surface area contributed by atoms with E-state index in [0.29, 0.717) is 29.0 Å². The second-order valence-electron chi connectivity index (χ2n) is 5.51. The topological polar surface area (TPSA) is 47.6 Å². The van der Waals surface area contributed by atoms with Gasteiger partial charge in [0.15, 0.2) is 11.5 Å². The molecule has 1 aliphatic carbocycles. The van der Waals surface area contributed by atoms with Gasteiger partial charge in [-0.2, -0.15) is 0 Å². The number of rotatable bonds is 4. The third kappa shape index (κ3) is 3.44. The van der Waals surface area contributed by atoms with Gasteiger partial charge in [0.2, 0.25) is 0 Å². The summed E-state index contributed by atoms with van der Waals surface area (Å²) in [4.78, 5) is 12.3. The second kappa shape index (κ2) is 6.64. The molecule has 1 aromatic rings. The molecular weight excluding hydrogens is 254 g/mol. The minimum atomic E-state index is -0.0370. The fourth-order valence-corrected chi connectivity index (χ4v) is 2.81. The summed E-state index contributed by atoms with van der Waals surface area (Å²) in [6.07, 6.45) is 4.60. The van der Waals surface area contributed by atoms with Crippen LogP contribution in [0, 0.1) is 5.92 Å². The first-order chi connectivity index (χ1) is 9.63. The molecular formula is C16H23NO3. The quantitative estimate of drug-likeness (QED) is 0.920. The van der Waals surface area contributed by atoms with Crippen molar-refractivity contribution in [2.75, 3.05) is 14.2 Å². The molecule has 2 atom stereocenters. The van der Waals surface area contributed by atoms with E-state index in [2.05, 4.69) is 12.2 Å². The third-order valence-corrected chi connectivity index (χ3v) is 3.92. The number of benzene rings is 1. The van der Waals surface area contributed by atoms with E-state index in [1.807, 2.05) is 0 Å². The molecule has 0 radical (unpaired) electrons. The summed E-state index contributed by atoms with van der Waals surface area (Å²) in [5.74, 6) is 1.87. The third-order valence-electron chi connectivity index (χ3n) is 3.92. The number of nitrogens with one attached hydrogen (secondary N) is 1. The molecule has 1 N–H and O–H groups in total. The van der Waals surface area contributed by atoms with Gasteiger partial charge in [-0.05, 0) is 37.0 Å². The Morgan fingerprint density at radius 1 is 1.20 bits per heavy atom. The van der Waals surface area contributed by atoms with Crippen LogP contribution >= 0.6 is 0 Å². The standard InChI is InChI=1S/C16H23NO3/c1-11-5-4-6-13(9-11)17-16(18)12-7-8-14(19-2)15(10-12)20-3/h7-8,10-11,13H,4-6,9H2,1-3H3,(H,17,18). The number of ether oxygens (including phenoxy) is 2. The van der Waals surface area contributed by atoms with Crippen molar-refractivity contribution in [1.82, 2.24) is 5.32 Å². The molecule has 1 aliphatic rings. The highest BCUT2D eigenvalue weighted by molar-refractivity contribution is 5.95. The molecule has 20 heavy (non-hydrogen) atoms. The zero-order valence-electron chi connectivity index (χ0n) is 12.4. The molecule has 1 aromatic carbocycles. The van der Waals surface area contributed by atoms with Crippen molar-refractivity contribution in [3.8, 4) is 11.5 Å². The zero-order valence-corrected chi connectivity index (χ0v) is 12.4. The average molecular weight is 277 g/mol. The summed E-state index contributed by atoms with van der Waals surface area (Å²) < 4.78 is 10.4. The zero-order chi connectivity index (χ0) is 14.5. The van der Waals surface area contributed by atoms with E-state index < -0.39 is 0 Å². The van der Waals surface area contributed by atoms with Gasteiger partial charge in [-0.3, -0.25) is 4.79 Å². The number of hydrogen-bond acceptors (Lipinski definition) is 3. The molecule has 2 rings (SSSR count). The van der Waals surface area contributed by atoms with Gasteiger partial charge in [0.05, 0.1) is 14.2 Å². The highest BCUT2D eigenvalue weighted by Gasteiger charge is 2.21. The lowest BCUT2D eigenvalue weighted by atomic mass is 9.87. The van der Waals surface area contributed by atoms with Crippen molar-refractivity contribution in [2.45, 2.75) is 38.6 Å². The van der Waals surface area contributed by atoms with Crippen molar-refractivity contribution in [3.05, 3.63) is 23.8 Å². The molecule has 4 heteroatoms. The molecule has 0 bridgehead atoms. The number of methoxy groups -OCH3 is 2. The summed E-state index contributed by atoms with van der Waals surface area (Å²) in [5, 5.41) is 3.12. The van der Waals surface area contributed by atoms with Crippen LogP contribution in [0.5, 0.6) is 11.5 Å². The van der Waals surface area contributed by atoms with Gasteiger partial charge in [-0.15, -0.1) is 0 Å². The first-order valence-electron chi connectivity index (χ1n) is 7.17. The fourth-order valence-electron chi connectivity index (χ4n) is 2.81. The summed E-state index contributed by atoms with van der Waals surface area (Å²) in [5.41, 5.74) is 0.612. The first kappa shape index (κ1) is 14.7. The summed E-state index contributed by atoms with van der Waals surface area (Å²) >= 11 is 0. The molecule has 0 aliphatic heterocycles. The molecule has 0 heterocycles. The summed E-state index contributed by atoms with van der Waals surface area (Å²) in [6.45, 7) is 2.24. The molecule has 2 unspecified atom stereocenters. The highest BCUT2D eigenvalue weighted by Crippen LogP contribution is 2.28. The van der Waals surface area contributed by atoms with Crippen molar-refractivity contribution in [2.24, 2.45) is 5.92 Å². The predicted molar refractivity (Wildman–Crippen MR) is 78.4 cm³/mol. The SMILES string of the molecule is COc1ccc(C(=O)NC2CCCC(C)C2)cc1OC. The second-order valence-corrected chi connectivity index (χ2v) is 5.51. The minimum Gasteiger partial charge on any atom is -0.493 e. The Morgan fingerprint density at radius 2 is 1.95 bits per heavy atom. The first-order valence-corrected chi connectivity index (χ1v) is 7.17. The predicted octanol–water partition coefficient (Wildman–Crippen LogP) is 3.01. The van der Waals surface area contributed by atoms with Crippen molar-refractivity contribution in [3.63, 3.8) is 0 Å². The van der Waals surface area contributed by atoms with Crippen LogP contribution in [0.4, 0.5) is 0 Å². The summed E-state index contributed by atoms with van der Waals surface area (Å²) in [7, 11) is 3.16. The Hall–Kier alpha value is -1.71. The van der Waals surface area contributed by atoms with Crippen LogP contribution in [0.3, 0.4) is 0 Å². The number of amides is 1. The molecule has 1 saturated carbocycles. The fraction of sp³-hybridized carbons (Fsp3) is 0.562. The maximum Gasteiger partial charge on any atom is 0.251 e. The Kier molecular flexibility index (Phi) is 4.88. The largest absolute Gasteiger partial charge is 0.493 e. The van der Waals surface area contributed by atoms with Crippen molar-refractivity contribution in [1.29, 1.82) is 0 Å². The molecule has 0 aromatic heterocycles. The van der Waals surface area contributed by atoms with Crippen LogP contribution < -0.4 is 14.8 Å². The minimum absolute atomic E-state index is 0.0370. The van der Waals surface area contributed by atoms with E-state index >= 15 is 0 Å². The van der Waals surface area contributed by atoms with Gasteiger partial charge in [-0.1, -0.05) is 19.8 Å². The molecule has 0 saturated heterocycles. The number of hydrogen-bond donors (Lipinski definition) is 1. The average Bonchev–Trinajstić information content (AvgIpc) is 2.46. The van der Waals surface area contributed by atoms with E-state index in [4.69, 9.17) is 9.47 Å². The maximum absolute atomic E-state index is 12.3. The molecule has 110 valence electrons. The van der Waals surface area contributed by atoms with Gasteiger partial charge in [-0.25, -0.2) is 0 Å². The van der Waals surface area contributed by atoms with Gasteiger partial charge in [0.25, 0.3) is 5.91 Å². The van der Waals surface area contributed by atoms with Crippen molar-refractivity contribution < 1.29 is 14.3 Å². The lowest BCUT2D eigenvalue weighted by molar-refractivity contribution is 0.0921. The van der Waals surface area contributed by atoms with Gasteiger partial charge < -0.3 is 14.8 Å². The molecule has 1 amide bonds. The maximum atomic E-state index is 12.3. The van der Waals surface area contributed by atoms with E-state index in [0.717, 1.165) is 12.8 Å². The molecule has 1 fully saturated rings. The number of carbonyl (C=O) groups excluding carboxylic acids is 1. The van der Waals surface area contributed by atoms with E-state index in [9.17, 15) is 4.79 Å². The monoisotopic (exact) mass is 277 g/mol. The summed E-state index contributed by atoms with van der Waals surface area (Å²) in [6, 6.07) is 5.54. The van der Waals surface area contributed by atoms with Gasteiger partial charge in [0.1, 0.15) is 0 Å². The lowest BCUT2D eigenvalue weighted by Gasteiger charge is -2.27. The van der Waals surface area contributed by atoms with Crippen LogP contribution in [-0.2, 0) is 0 Å². The Balaban J connectivity index is 2.05. The van der Waals surface area contributed by atoms with Crippen molar-refractivity contribution >= 4 is 5.91 Å². The Morgan fingerprint density at radius 3 is 2.60 bits per heavy atom. The van der Waals surface area contributed by atoms with Gasteiger partial charge >= 0.3 is 0 Å². The van der Waals surface area contributed by atoms with Crippen LogP contribution in [0.25, 0.3) is 0 Å². The lowest BCUT2D eigenvalue weighted by Crippen LogP contribution is -2.37. The van der Waals surface area contributed by atoms with E-state index in [-0.39, 0.29) is 5.91 Å². The number of carbonyl (C=O) groups is 1. The molecule has 0 spiro atoms. The van der Waals surface area contributed by atoms with Crippen LogP contribution in [0.2, 0.25) is 0 Å². The normalized spacial score (nSPS) is 22.1. The highest BCUT2D eigenvalue weighted by atomic mass is 16.5. The van der Waals surface area contributed by atoms with E-state index in [1.54, 1.807) is 32.4 Å². The van der Waals surface area contributed by atoms with Gasteiger partial charge in [0, 0.05) is 11.6 Å². The smallest absolute Gasteiger partial charge is 0.251 e. The van der Waals surface area contributed by atoms with E-state index in [1.165, 1.54) is 12.8 Å². The van der Waals surface area contributed by atoms with Crippen LogP contribution in [-0.4, -0.2) is 26.2 Å². The Bertz CT molecular complexity index is 473. The van der Waals surface area contributed by atoms with Crippen LogP contribution in [0.1, 0.15) is 43.0 Å².